The molecule has 0 N–H and O–H groups in total. The summed E-state index contributed by atoms with van der Waals surface area (Å²) in [6.45, 7) is 0.552. The molecule has 10 nitrogen and oxygen atoms in total. The van der Waals surface area contributed by atoms with Crippen LogP contribution in [0.15, 0.2) is 18.2 Å². The van der Waals surface area contributed by atoms with Crippen molar-refractivity contribution in [1.29, 1.82) is 0 Å². The van der Waals surface area contributed by atoms with E-state index in [2.05, 4.69) is 4.18 Å². The molecule has 3 aliphatic rings. The summed E-state index contributed by atoms with van der Waals surface area (Å²) < 4.78 is 94.5. The molecule has 14 heteroatoms. The number of rotatable bonds is 5. The van der Waals surface area contributed by atoms with Gasteiger partial charge < -0.3 is 27.9 Å². The van der Waals surface area contributed by atoms with Crippen LogP contribution in [0, 0.1) is 0 Å². The molecule has 0 aromatic heterocycles. The third-order valence-corrected chi connectivity index (χ3v) is 7.29. The molecule has 3 aliphatic heterocycles. The number of hydrogen-bond acceptors (Lipinski definition) is 10. The third-order valence-electron chi connectivity index (χ3n) is 6.33. The van der Waals surface area contributed by atoms with Gasteiger partial charge in [0.2, 0.25) is 12.5 Å². The van der Waals surface area contributed by atoms with Gasteiger partial charge in [-0.1, -0.05) is 6.07 Å². The van der Waals surface area contributed by atoms with Crippen molar-refractivity contribution in [2.45, 2.75) is 24.1 Å². The lowest BCUT2D eigenvalue weighted by Gasteiger charge is -2.38. The maximum absolute atomic E-state index is 13.1. The Balaban J connectivity index is 1.66. The first-order valence-corrected chi connectivity index (χ1v) is 12.0. The van der Waals surface area contributed by atoms with E-state index < -0.39 is 45.1 Å². The molecule has 2 aromatic rings. The second-order valence-corrected chi connectivity index (χ2v) is 9.80. The van der Waals surface area contributed by atoms with E-state index in [0.29, 0.717) is 35.8 Å². The number of ether oxygens (including phenoxy) is 5. The Morgan fingerprint density at radius 1 is 1.11 bits per heavy atom. The van der Waals surface area contributed by atoms with Crippen molar-refractivity contribution in [3.05, 3.63) is 40.5 Å². The van der Waals surface area contributed by atoms with Gasteiger partial charge in [-0.15, -0.1) is 0 Å². The van der Waals surface area contributed by atoms with Gasteiger partial charge in [-0.25, -0.2) is 4.79 Å². The number of carbonyl (C=O) groups excluding carboxylic acids is 1. The molecule has 0 aliphatic carbocycles. The van der Waals surface area contributed by atoms with E-state index in [4.69, 9.17) is 23.7 Å². The fourth-order valence-corrected chi connectivity index (χ4v) is 5.23. The first-order chi connectivity index (χ1) is 17.0. The van der Waals surface area contributed by atoms with E-state index in [1.54, 1.807) is 7.05 Å². The summed E-state index contributed by atoms with van der Waals surface area (Å²) >= 11 is 0. The molecular formula is C22H20F3NO9S. The first-order valence-electron chi connectivity index (χ1n) is 10.6. The number of carbonyl (C=O) groups is 1. The van der Waals surface area contributed by atoms with Crippen molar-refractivity contribution < 1.29 is 54.3 Å². The highest BCUT2D eigenvalue weighted by atomic mass is 32.2. The highest BCUT2D eigenvalue weighted by Crippen LogP contribution is 2.55. The van der Waals surface area contributed by atoms with E-state index in [-0.39, 0.29) is 18.1 Å². The highest BCUT2D eigenvalue weighted by molar-refractivity contribution is 7.88. The summed E-state index contributed by atoms with van der Waals surface area (Å²) in [4.78, 5) is 14.9. The van der Waals surface area contributed by atoms with Gasteiger partial charge in [-0.2, -0.15) is 21.6 Å². The molecular weight excluding hydrogens is 511 g/mol. The van der Waals surface area contributed by atoms with Crippen molar-refractivity contribution in [2.75, 3.05) is 34.6 Å². The number of esters is 1. The standard InChI is InChI=1S/C22H20F3NO9S/c1-26-7-6-10-8-13-19(33-9-32-13)20(31-3)14(10)16(26)17-11-4-5-12(30-2)18(15(11)21(27)34-17)35-36(28,29)22(23,24)25/h4-5,8,16-17H,6-7,9H2,1-3H3/t16-,17?/m1/s1. The topological polar surface area (TPSA) is 110 Å². The largest absolute Gasteiger partial charge is 0.534 e. The van der Waals surface area contributed by atoms with Crippen LogP contribution in [0.1, 0.15) is 39.2 Å². The number of benzene rings is 2. The number of likely N-dealkylation sites (N-methyl/N-ethyl adjacent to an activating group) is 1. The Hall–Kier alpha value is -3.39. The minimum absolute atomic E-state index is 0.00448. The number of methoxy groups -OCH3 is 2. The van der Waals surface area contributed by atoms with Gasteiger partial charge in [-0.3, -0.25) is 4.90 Å². The Morgan fingerprint density at radius 2 is 1.86 bits per heavy atom. The minimum Gasteiger partial charge on any atom is -0.493 e. The van der Waals surface area contributed by atoms with Crippen LogP contribution in [-0.4, -0.2) is 59.4 Å². The van der Waals surface area contributed by atoms with Gasteiger partial charge in [0.1, 0.15) is 11.7 Å². The predicted octanol–water partition coefficient (Wildman–Crippen LogP) is 3.10. The van der Waals surface area contributed by atoms with Crippen LogP contribution in [0.25, 0.3) is 0 Å². The van der Waals surface area contributed by atoms with Gasteiger partial charge in [0, 0.05) is 17.7 Å². The Bertz CT molecular complexity index is 1360. The summed E-state index contributed by atoms with van der Waals surface area (Å²) in [5.74, 6) is -1.05. The van der Waals surface area contributed by atoms with Crippen LogP contribution in [-0.2, 0) is 21.3 Å². The fourth-order valence-electron chi connectivity index (χ4n) is 4.75. The lowest BCUT2D eigenvalue weighted by Crippen LogP contribution is -2.36. The van der Waals surface area contributed by atoms with Crippen LogP contribution in [0.2, 0.25) is 0 Å². The highest BCUT2D eigenvalue weighted by Gasteiger charge is 2.51. The molecule has 0 radical (unpaired) electrons. The molecule has 3 heterocycles. The van der Waals surface area contributed by atoms with Crippen LogP contribution in [0.5, 0.6) is 28.7 Å². The molecule has 194 valence electrons. The quantitative estimate of drug-likeness (QED) is 0.324. The molecule has 0 saturated carbocycles. The SMILES string of the molecule is COc1ccc2c(c1OS(=O)(=O)C(F)(F)F)C(=O)OC2[C@H]1c2c(cc3c(c2OC)OCO3)CCN1C. The molecule has 0 fully saturated rings. The van der Waals surface area contributed by atoms with Crippen molar-refractivity contribution in [3.63, 3.8) is 0 Å². The number of nitrogens with zero attached hydrogens (tertiary/aromatic N) is 1. The molecule has 0 amide bonds. The molecule has 0 bridgehead atoms. The Morgan fingerprint density at radius 3 is 2.53 bits per heavy atom. The number of alkyl halides is 3. The fraction of sp³-hybridized carbons (Fsp3) is 0.409. The molecule has 2 aromatic carbocycles. The monoisotopic (exact) mass is 531 g/mol. The molecule has 1 unspecified atom stereocenters. The van der Waals surface area contributed by atoms with Crippen LogP contribution < -0.4 is 23.1 Å². The van der Waals surface area contributed by atoms with Crippen molar-refractivity contribution in [3.8, 4) is 28.7 Å². The van der Waals surface area contributed by atoms with Crippen LogP contribution >= 0.6 is 0 Å². The molecule has 0 saturated heterocycles. The van der Waals surface area contributed by atoms with E-state index in [1.165, 1.54) is 19.2 Å². The lowest BCUT2D eigenvalue weighted by atomic mass is 9.85. The van der Waals surface area contributed by atoms with E-state index in [9.17, 15) is 26.4 Å². The smallest absolute Gasteiger partial charge is 0.493 e. The zero-order chi connectivity index (χ0) is 26.0. The normalized spacial score (nSPS) is 21.0. The van der Waals surface area contributed by atoms with E-state index >= 15 is 0 Å². The maximum atomic E-state index is 13.1. The Labute approximate surface area is 203 Å². The van der Waals surface area contributed by atoms with Crippen LogP contribution in [0.3, 0.4) is 0 Å². The first kappa shape index (κ1) is 24.3. The van der Waals surface area contributed by atoms with Gasteiger partial charge in [0.15, 0.2) is 23.0 Å². The predicted molar refractivity (Wildman–Crippen MR) is 115 cm³/mol. The average Bonchev–Trinajstić information content (AvgIpc) is 3.41. The molecule has 5 rings (SSSR count). The molecule has 36 heavy (non-hydrogen) atoms. The molecule has 0 spiro atoms. The van der Waals surface area contributed by atoms with Crippen molar-refractivity contribution >= 4 is 16.1 Å². The summed E-state index contributed by atoms with van der Waals surface area (Å²) in [6, 6.07) is 3.81. The van der Waals surface area contributed by atoms with Gasteiger partial charge in [0.25, 0.3) is 0 Å². The number of hydrogen-bond donors (Lipinski definition) is 0. The summed E-state index contributed by atoms with van der Waals surface area (Å²) in [5, 5.41) is 0. The van der Waals surface area contributed by atoms with Crippen molar-refractivity contribution in [2.24, 2.45) is 0 Å². The third kappa shape index (κ3) is 3.58. The second-order valence-electron chi connectivity index (χ2n) is 8.26. The van der Waals surface area contributed by atoms with Gasteiger partial charge in [-0.05, 0) is 31.2 Å². The maximum Gasteiger partial charge on any atom is 0.534 e. The Kier molecular flexibility index (Phi) is 5.63. The number of fused-ring (bicyclic) bond motifs is 3. The molecule has 2 atom stereocenters. The van der Waals surface area contributed by atoms with Gasteiger partial charge in [0.05, 0.1) is 20.3 Å². The average molecular weight is 531 g/mol. The second kappa shape index (κ2) is 8.34. The number of cyclic esters (lactones) is 1. The lowest BCUT2D eigenvalue weighted by molar-refractivity contribution is -0.0501. The van der Waals surface area contributed by atoms with Crippen molar-refractivity contribution in [1.82, 2.24) is 4.90 Å². The zero-order valence-corrected chi connectivity index (χ0v) is 20.0. The van der Waals surface area contributed by atoms with Crippen LogP contribution in [0.4, 0.5) is 13.2 Å². The minimum atomic E-state index is -6.10. The summed E-state index contributed by atoms with van der Waals surface area (Å²) in [5.41, 5.74) is -4.54. The zero-order valence-electron chi connectivity index (χ0n) is 19.2. The number of halogens is 3. The van der Waals surface area contributed by atoms with Gasteiger partial charge >= 0.3 is 21.6 Å². The summed E-state index contributed by atoms with van der Waals surface area (Å²) in [6.07, 6.45) is -0.420. The van der Waals surface area contributed by atoms with E-state index in [0.717, 1.165) is 12.7 Å². The van der Waals surface area contributed by atoms with E-state index in [1.807, 2.05) is 11.0 Å². The summed E-state index contributed by atoms with van der Waals surface area (Å²) in [7, 11) is -1.75.